The minimum atomic E-state index is -0.772. The SMILES string of the molecule is COC(=O)c1onc(-c2cccs2)c1C(=O)OC. The Hall–Kier alpha value is -2.15. The highest BCUT2D eigenvalue weighted by Crippen LogP contribution is 2.29. The number of aromatic nitrogens is 1. The average Bonchev–Trinajstić information content (AvgIpc) is 3.04. The number of methoxy groups -OCH3 is 2. The molecule has 0 N–H and O–H groups in total. The minimum absolute atomic E-state index is 0.0215. The molecule has 0 radical (unpaired) electrons. The lowest BCUT2D eigenvalue weighted by Gasteiger charge is -1.99. The highest BCUT2D eigenvalue weighted by molar-refractivity contribution is 7.13. The fourth-order valence-corrected chi connectivity index (χ4v) is 2.11. The van der Waals surface area contributed by atoms with Crippen LogP contribution in [-0.4, -0.2) is 31.3 Å². The van der Waals surface area contributed by atoms with Crippen LogP contribution >= 0.6 is 11.3 Å². The van der Waals surface area contributed by atoms with Gasteiger partial charge in [0.25, 0.3) is 5.76 Å². The van der Waals surface area contributed by atoms with Crippen LogP contribution in [0.4, 0.5) is 0 Å². The fraction of sp³-hybridized carbons (Fsp3) is 0.182. The Kier molecular flexibility index (Phi) is 3.42. The highest BCUT2D eigenvalue weighted by atomic mass is 32.1. The Morgan fingerprint density at radius 3 is 2.56 bits per heavy atom. The molecule has 2 rings (SSSR count). The van der Waals surface area contributed by atoms with E-state index >= 15 is 0 Å². The Labute approximate surface area is 106 Å². The number of ether oxygens (including phenoxy) is 2. The second-order valence-corrected chi connectivity index (χ2v) is 4.14. The molecule has 0 saturated carbocycles. The zero-order chi connectivity index (χ0) is 13.1. The third kappa shape index (κ3) is 2.00. The van der Waals surface area contributed by atoms with E-state index in [4.69, 9.17) is 4.52 Å². The molecule has 0 aromatic carbocycles. The number of hydrogen-bond acceptors (Lipinski definition) is 7. The third-order valence-electron chi connectivity index (χ3n) is 2.21. The van der Waals surface area contributed by atoms with E-state index in [1.54, 1.807) is 12.1 Å². The lowest BCUT2D eigenvalue weighted by atomic mass is 10.1. The second-order valence-electron chi connectivity index (χ2n) is 3.20. The summed E-state index contributed by atoms with van der Waals surface area (Å²) < 4.78 is 14.0. The number of nitrogens with zero attached hydrogens (tertiary/aromatic N) is 1. The van der Waals surface area contributed by atoms with E-state index in [1.807, 2.05) is 5.38 Å². The highest BCUT2D eigenvalue weighted by Gasteiger charge is 2.30. The van der Waals surface area contributed by atoms with E-state index in [0.717, 1.165) is 0 Å². The van der Waals surface area contributed by atoms with Crippen LogP contribution in [0.5, 0.6) is 0 Å². The van der Waals surface area contributed by atoms with Gasteiger partial charge in [-0.2, -0.15) is 0 Å². The van der Waals surface area contributed by atoms with Gasteiger partial charge in [-0.25, -0.2) is 9.59 Å². The molecule has 0 aliphatic rings. The smallest absolute Gasteiger partial charge is 0.377 e. The molecule has 0 amide bonds. The van der Waals surface area contributed by atoms with Gasteiger partial charge < -0.3 is 14.0 Å². The van der Waals surface area contributed by atoms with Crippen molar-refractivity contribution in [3.05, 3.63) is 28.8 Å². The van der Waals surface area contributed by atoms with Crippen molar-refractivity contribution >= 4 is 23.3 Å². The minimum Gasteiger partial charge on any atom is -0.465 e. The average molecular weight is 267 g/mol. The first-order valence-electron chi connectivity index (χ1n) is 4.89. The first-order valence-corrected chi connectivity index (χ1v) is 5.77. The number of thiophene rings is 1. The zero-order valence-electron chi connectivity index (χ0n) is 9.63. The second kappa shape index (κ2) is 5.01. The maximum absolute atomic E-state index is 11.7. The first kappa shape index (κ1) is 12.3. The molecule has 0 atom stereocenters. The van der Waals surface area contributed by atoms with Crippen LogP contribution in [0.15, 0.2) is 22.0 Å². The van der Waals surface area contributed by atoms with Gasteiger partial charge in [0.1, 0.15) is 11.3 Å². The fourth-order valence-electron chi connectivity index (χ4n) is 1.40. The van der Waals surface area contributed by atoms with Crippen molar-refractivity contribution in [2.75, 3.05) is 14.2 Å². The molecule has 0 spiro atoms. The van der Waals surface area contributed by atoms with Gasteiger partial charge in [0, 0.05) is 0 Å². The lowest BCUT2D eigenvalue weighted by molar-refractivity contribution is 0.0521. The molecule has 6 nitrogen and oxygen atoms in total. The quantitative estimate of drug-likeness (QED) is 0.791. The normalized spacial score (nSPS) is 10.1. The number of carbonyl (C=O) groups excluding carboxylic acids is 2. The molecule has 94 valence electrons. The van der Waals surface area contributed by atoms with E-state index in [-0.39, 0.29) is 17.0 Å². The molecule has 0 aliphatic carbocycles. The van der Waals surface area contributed by atoms with Gasteiger partial charge in [-0.05, 0) is 11.4 Å². The van der Waals surface area contributed by atoms with Gasteiger partial charge in [-0.15, -0.1) is 11.3 Å². The van der Waals surface area contributed by atoms with Crippen LogP contribution in [0.3, 0.4) is 0 Å². The predicted molar refractivity (Wildman–Crippen MR) is 62.5 cm³/mol. The molecule has 0 bridgehead atoms. The van der Waals surface area contributed by atoms with Gasteiger partial charge >= 0.3 is 11.9 Å². The first-order chi connectivity index (χ1) is 8.69. The Morgan fingerprint density at radius 2 is 2.00 bits per heavy atom. The maximum atomic E-state index is 11.7. The van der Waals surface area contributed by atoms with Crippen LogP contribution in [0.2, 0.25) is 0 Å². The van der Waals surface area contributed by atoms with E-state index in [0.29, 0.717) is 4.88 Å². The van der Waals surface area contributed by atoms with E-state index in [1.165, 1.54) is 25.6 Å². The van der Waals surface area contributed by atoms with Gasteiger partial charge in [0.15, 0.2) is 0 Å². The van der Waals surface area contributed by atoms with Crippen LogP contribution in [0.25, 0.3) is 10.6 Å². The van der Waals surface area contributed by atoms with Crippen molar-refractivity contribution in [1.29, 1.82) is 0 Å². The van der Waals surface area contributed by atoms with E-state index in [9.17, 15) is 9.59 Å². The molecule has 2 aromatic rings. The lowest BCUT2D eigenvalue weighted by Crippen LogP contribution is -2.10. The number of hydrogen-bond donors (Lipinski definition) is 0. The summed E-state index contributed by atoms with van der Waals surface area (Å²) in [7, 11) is 2.41. The van der Waals surface area contributed by atoms with Crippen LogP contribution < -0.4 is 0 Å². The standard InChI is InChI=1S/C11H9NO5S/c1-15-10(13)7-8(6-4-3-5-18-6)12-17-9(7)11(14)16-2/h3-5H,1-2H3. The maximum Gasteiger partial charge on any atom is 0.377 e. The molecule has 0 aliphatic heterocycles. The van der Waals surface area contributed by atoms with E-state index in [2.05, 4.69) is 14.6 Å². The summed E-state index contributed by atoms with van der Waals surface area (Å²) in [6.45, 7) is 0. The summed E-state index contributed by atoms with van der Waals surface area (Å²) in [6, 6.07) is 3.56. The van der Waals surface area contributed by atoms with Gasteiger partial charge in [0.05, 0.1) is 19.1 Å². The van der Waals surface area contributed by atoms with E-state index < -0.39 is 11.9 Å². The summed E-state index contributed by atoms with van der Waals surface area (Å²) in [5.74, 6) is -1.72. The number of carbonyl (C=O) groups is 2. The summed E-state index contributed by atoms with van der Waals surface area (Å²) in [4.78, 5) is 23.9. The number of rotatable bonds is 3. The molecule has 18 heavy (non-hydrogen) atoms. The number of esters is 2. The molecule has 0 unspecified atom stereocenters. The largest absolute Gasteiger partial charge is 0.465 e. The van der Waals surface area contributed by atoms with Crippen molar-refractivity contribution in [2.24, 2.45) is 0 Å². The Bertz CT molecular complexity index is 572. The molecule has 0 saturated heterocycles. The van der Waals surface area contributed by atoms with Crippen molar-refractivity contribution in [2.45, 2.75) is 0 Å². The van der Waals surface area contributed by atoms with Gasteiger partial charge in [-0.1, -0.05) is 11.2 Å². The molecule has 7 heteroatoms. The molecular weight excluding hydrogens is 258 g/mol. The molecule has 2 heterocycles. The summed E-state index contributed by atoms with van der Waals surface area (Å²) in [5.41, 5.74) is 0.254. The van der Waals surface area contributed by atoms with Crippen molar-refractivity contribution in [1.82, 2.24) is 5.16 Å². The summed E-state index contributed by atoms with van der Waals surface area (Å²) in [6.07, 6.45) is 0. The summed E-state index contributed by atoms with van der Waals surface area (Å²) in [5, 5.41) is 5.55. The predicted octanol–water partition coefficient (Wildman–Crippen LogP) is 1.98. The van der Waals surface area contributed by atoms with Crippen molar-refractivity contribution in [3.8, 4) is 10.6 Å². The molecule has 2 aromatic heterocycles. The molecule has 0 fully saturated rings. The van der Waals surface area contributed by atoms with Crippen molar-refractivity contribution < 1.29 is 23.6 Å². The monoisotopic (exact) mass is 267 g/mol. The Balaban J connectivity index is 2.58. The Morgan fingerprint density at radius 1 is 1.28 bits per heavy atom. The zero-order valence-corrected chi connectivity index (χ0v) is 10.4. The van der Waals surface area contributed by atoms with Gasteiger partial charge in [-0.3, -0.25) is 0 Å². The van der Waals surface area contributed by atoms with Crippen LogP contribution in [0.1, 0.15) is 20.9 Å². The topological polar surface area (TPSA) is 78.6 Å². The van der Waals surface area contributed by atoms with Crippen LogP contribution in [0, 0.1) is 0 Å². The van der Waals surface area contributed by atoms with Gasteiger partial charge in [0.2, 0.25) is 0 Å². The molecular formula is C11H9NO5S. The van der Waals surface area contributed by atoms with Crippen LogP contribution in [-0.2, 0) is 9.47 Å². The third-order valence-corrected chi connectivity index (χ3v) is 3.08. The summed E-state index contributed by atoms with van der Waals surface area (Å²) >= 11 is 1.37. The van der Waals surface area contributed by atoms with Crippen molar-refractivity contribution in [3.63, 3.8) is 0 Å².